The highest BCUT2D eigenvalue weighted by Gasteiger charge is 2.10. The smallest absolute Gasteiger partial charge is 0.267 e. The number of nitrogens with one attached hydrogen (secondary N) is 2. The number of carbonyl (C=O) groups is 1. The van der Waals surface area contributed by atoms with E-state index < -0.39 is 0 Å². The fourth-order valence-corrected chi connectivity index (χ4v) is 3.13. The van der Waals surface area contributed by atoms with Crippen molar-refractivity contribution < 1.29 is 9.53 Å². The third-order valence-corrected chi connectivity index (χ3v) is 4.46. The number of aromatic nitrogens is 1. The van der Waals surface area contributed by atoms with Crippen LogP contribution in [0.5, 0.6) is 0 Å². The van der Waals surface area contributed by atoms with Gasteiger partial charge in [-0.15, -0.1) is 0 Å². The van der Waals surface area contributed by atoms with Gasteiger partial charge in [0.15, 0.2) is 0 Å². The highest BCUT2D eigenvalue weighted by molar-refractivity contribution is 5.98. The highest BCUT2D eigenvalue weighted by atomic mass is 16.5. The molecule has 2 aromatic carbocycles. The number of aromatic amines is 1. The van der Waals surface area contributed by atoms with Crippen LogP contribution in [-0.2, 0) is 11.2 Å². The molecule has 0 radical (unpaired) electrons. The summed E-state index contributed by atoms with van der Waals surface area (Å²) in [5.74, 6) is -0.0671. The Labute approximate surface area is 154 Å². The standard InChI is InChI=1S/C22H26N2O2/c1-16-13-17(2)19-15-21(24-20(19)14-16)22(25)23-10-6-11-26-12-9-18-7-4-3-5-8-18/h3-5,7-8,13-15,24H,6,9-12H2,1-2H3,(H,23,25). The summed E-state index contributed by atoms with van der Waals surface area (Å²) in [6.45, 7) is 6.09. The zero-order valence-corrected chi connectivity index (χ0v) is 15.5. The molecular weight excluding hydrogens is 324 g/mol. The van der Waals surface area contributed by atoms with E-state index >= 15 is 0 Å². The monoisotopic (exact) mass is 350 g/mol. The fraction of sp³-hybridized carbons (Fsp3) is 0.318. The fourth-order valence-electron chi connectivity index (χ4n) is 3.13. The van der Waals surface area contributed by atoms with Crippen molar-refractivity contribution >= 4 is 16.8 Å². The average molecular weight is 350 g/mol. The number of aryl methyl sites for hydroxylation is 2. The molecule has 0 unspecified atom stereocenters. The second-order valence-corrected chi connectivity index (χ2v) is 6.68. The summed E-state index contributed by atoms with van der Waals surface area (Å²) in [5.41, 5.74) is 5.28. The van der Waals surface area contributed by atoms with Gasteiger partial charge in [-0.25, -0.2) is 0 Å². The van der Waals surface area contributed by atoms with E-state index in [9.17, 15) is 4.79 Å². The topological polar surface area (TPSA) is 54.1 Å². The highest BCUT2D eigenvalue weighted by Crippen LogP contribution is 2.21. The van der Waals surface area contributed by atoms with E-state index in [0.717, 1.165) is 23.7 Å². The summed E-state index contributed by atoms with van der Waals surface area (Å²) in [7, 11) is 0. The van der Waals surface area contributed by atoms with Gasteiger partial charge in [0.25, 0.3) is 5.91 Å². The van der Waals surface area contributed by atoms with E-state index in [0.29, 0.717) is 25.5 Å². The maximum Gasteiger partial charge on any atom is 0.267 e. The zero-order chi connectivity index (χ0) is 18.4. The van der Waals surface area contributed by atoms with E-state index in [1.165, 1.54) is 16.7 Å². The molecule has 1 amide bonds. The minimum absolute atomic E-state index is 0.0671. The SMILES string of the molecule is Cc1cc(C)c2cc(C(=O)NCCCOCCc3ccccc3)[nH]c2c1. The lowest BCUT2D eigenvalue weighted by Crippen LogP contribution is -2.25. The first kappa shape index (κ1) is 18.2. The molecule has 1 aromatic heterocycles. The van der Waals surface area contributed by atoms with Crippen LogP contribution in [0.2, 0.25) is 0 Å². The van der Waals surface area contributed by atoms with Gasteiger partial charge in [0.05, 0.1) is 6.61 Å². The predicted molar refractivity (Wildman–Crippen MR) is 106 cm³/mol. The van der Waals surface area contributed by atoms with Crippen LogP contribution in [0.4, 0.5) is 0 Å². The van der Waals surface area contributed by atoms with Gasteiger partial charge < -0.3 is 15.0 Å². The minimum atomic E-state index is -0.0671. The summed E-state index contributed by atoms with van der Waals surface area (Å²) in [6, 6.07) is 16.4. The van der Waals surface area contributed by atoms with Crippen molar-refractivity contribution in [3.63, 3.8) is 0 Å². The van der Waals surface area contributed by atoms with E-state index in [4.69, 9.17) is 4.74 Å². The maximum absolute atomic E-state index is 12.3. The zero-order valence-electron chi connectivity index (χ0n) is 15.5. The maximum atomic E-state index is 12.3. The molecule has 26 heavy (non-hydrogen) atoms. The Morgan fingerprint density at radius 3 is 2.69 bits per heavy atom. The third-order valence-electron chi connectivity index (χ3n) is 4.46. The number of benzene rings is 2. The summed E-state index contributed by atoms with van der Waals surface area (Å²) in [5, 5.41) is 4.05. The molecular formula is C22H26N2O2. The predicted octanol–water partition coefficient (Wildman–Crippen LogP) is 4.16. The van der Waals surface area contributed by atoms with Gasteiger partial charge in [-0.3, -0.25) is 4.79 Å². The number of rotatable bonds is 8. The number of fused-ring (bicyclic) bond motifs is 1. The molecule has 0 atom stereocenters. The van der Waals surface area contributed by atoms with Gasteiger partial charge >= 0.3 is 0 Å². The van der Waals surface area contributed by atoms with Crippen molar-refractivity contribution in [2.45, 2.75) is 26.7 Å². The van der Waals surface area contributed by atoms with Gasteiger partial charge in [-0.1, -0.05) is 36.4 Å². The molecule has 0 saturated heterocycles. The van der Waals surface area contributed by atoms with E-state index in [2.05, 4.69) is 48.4 Å². The van der Waals surface area contributed by atoms with Crippen LogP contribution < -0.4 is 5.32 Å². The minimum Gasteiger partial charge on any atom is -0.381 e. The number of ether oxygens (including phenoxy) is 1. The first-order chi connectivity index (χ1) is 12.6. The Kier molecular flexibility index (Phi) is 6.08. The van der Waals surface area contributed by atoms with Crippen molar-refractivity contribution in [1.29, 1.82) is 0 Å². The quantitative estimate of drug-likeness (QED) is 0.599. The van der Waals surface area contributed by atoms with Crippen molar-refractivity contribution in [1.82, 2.24) is 10.3 Å². The molecule has 0 fully saturated rings. The second-order valence-electron chi connectivity index (χ2n) is 6.68. The van der Waals surface area contributed by atoms with Crippen LogP contribution in [0, 0.1) is 13.8 Å². The molecule has 0 aliphatic heterocycles. The van der Waals surface area contributed by atoms with E-state index in [1.54, 1.807) is 0 Å². The Hall–Kier alpha value is -2.59. The molecule has 0 aliphatic rings. The lowest BCUT2D eigenvalue weighted by molar-refractivity contribution is 0.0938. The summed E-state index contributed by atoms with van der Waals surface area (Å²) in [6.07, 6.45) is 1.72. The number of hydrogen-bond acceptors (Lipinski definition) is 2. The second kappa shape index (κ2) is 8.68. The normalized spacial score (nSPS) is 11.0. The average Bonchev–Trinajstić information content (AvgIpc) is 3.06. The Balaban J connectivity index is 1.38. The molecule has 4 nitrogen and oxygen atoms in total. The molecule has 0 saturated carbocycles. The Morgan fingerprint density at radius 1 is 1.08 bits per heavy atom. The summed E-state index contributed by atoms with van der Waals surface area (Å²) < 4.78 is 5.64. The van der Waals surface area contributed by atoms with Gasteiger partial charge in [-0.2, -0.15) is 0 Å². The lowest BCUT2D eigenvalue weighted by Gasteiger charge is -2.06. The van der Waals surface area contributed by atoms with Gasteiger partial charge in [0, 0.05) is 24.1 Å². The molecule has 3 aromatic rings. The van der Waals surface area contributed by atoms with Crippen molar-refractivity contribution in [2.75, 3.05) is 19.8 Å². The van der Waals surface area contributed by atoms with E-state index in [1.807, 2.05) is 24.3 Å². The largest absolute Gasteiger partial charge is 0.381 e. The number of H-pyrrole nitrogens is 1. The van der Waals surface area contributed by atoms with E-state index in [-0.39, 0.29) is 5.91 Å². The molecule has 3 rings (SSSR count). The van der Waals surface area contributed by atoms with Crippen LogP contribution in [0.1, 0.15) is 33.6 Å². The van der Waals surface area contributed by atoms with Crippen molar-refractivity contribution in [3.8, 4) is 0 Å². The van der Waals surface area contributed by atoms with Gasteiger partial charge in [-0.05, 0) is 55.5 Å². The van der Waals surface area contributed by atoms with Crippen LogP contribution in [-0.4, -0.2) is 30.6 Å². The summed E-state index contributed by atoms with van der Waals surface area (Å²) in [4.78, 5) is 15.5. The summed E-state index contributed by atoms with van der Waals surface area (Å²) >= 11 is 0. The van der Waals surface area contributed by atoms with Crippen molar-refractivity contribution in [3.05, 3.63) is 70.9 Å². The lowest BCUT2D eigenvalue weighted by atomic mass is 10.1. The van der Waals surface area contributed by atoms with Crippen LogP contribution >= 0.6 is 0 Å². The first-order valence-electron chi connectivity index (χ1n) is 9.13. The molecule has 1 heterocycles. The Bertz CT molecular complexity index is 868. The van der Waals surface area contributed by atoms with Crippen LogP contribution in [0.15, 0.2) is 48.5 Å². The molecule has 2 N–H and O–H groups in total. The molecule has 136 valence electrons. The molecule has 0 bridgehead atoms. The van der Waals surface area contributed by atoms with Crippen LogP contribution in [0.25, 0.3) is 10.9 Å². The van der Waals surface area contributed by atoms with Gasteiger partial charge in [0.1, 0.15) is 5.69 Å². The Morgan fingerprint density at radius 2 is 1.88 bits per heavy atom. The molecule has 0 spiro atoms. The third kappa shape index (κ3) is 4.73. The van der Waals surface area contributed by atoms with Crippen LogP contribution in [0.3, 0.4) is 0 Å². The van der Waals surface area contributed by atoms with Crippen molar-refractivity contribution in [2.24, 2.45) is 0 Å². The number of carbonyl (C=O) groups excluding carboxylic acids is 1. The van der Waals surface area contributed by atoms with Gasteiger partial charge in [0.2, 0.25) is 0 Å². The first-order valence-corrected chi connectivity index (χ1v) is 9.13. The number of amides is 1. The number of hydrogen-bond donors (Lipinski definition) is 2. The molecule has 0 aliphatic carbocycles. The molecule has 4 heteroatoms.